The highest BCUT2D eigenvalue weighted by Crippen LogP contribution is 2.36. The molecule has 1 aliphatic rings. The first-order valence-corrected chi connectivity index (χ1v) is 8.12. The van der Waals surface area contributed by atoms with Crippen molar-refractivity contribution in [2.24, 2.45) is 0 Å². The zero-order valence-electron chi connectivity index (χ0n) is 13.3. The fourth-order valence-electron chi connectivity index (χ4n) is 3.43. The molecule has 112 valence electrons. The number of aromatic nitrogens is 2. The van der Waals surface area contributed by atoms with Gasteiger partial charge in [-0.15, -0.1) is 0 Å². The Hall–Kier alpha value is -1.77. The number of fused-ring (bicyclic) bond motifs is 1. The topological polar surface area (TPSA) is 29.9 Å². The van der Waals surface area contributed by atoms with Crippen LogP contribution in [0, 0.1) is 0 Å². The fraction of sp³-hybridized carbons (Fsp3) is 0.500. The van der Waals surface area contributed by atoms with E-state index in [-0.39, 0.29) is 0 Å². The number of rotatable bonds is 4. The van der Waals surface area contributed by atoms with Crippen molar-refractivity contribution in [2.75, 3.05) is 5.32 Å². The molecule has 1 aliphatic heterocycles. The van der Waals surface area contributed by atoms with Crippen LogP contribution in [-0.2, 0) is 19.4 Å². The minimum absolute atomic E-state index is 0.536. The van der Waals surface area contributed by atoms with E-state index in [9.17, 15) is 0 Å². The average Bonchev–Trinajstić information content (AvgIpc) is 2.89. The minimum Gasteiger partial charge on any atom is -0.382 e. The standard InChI is InChI=1S/C18H25N3/c1-4-15-12-16(21(5-2)20-15)11-14-10-13(3)19-18-9-7-6-8-17(14)18/h6-9,12-14,19H,4-5,10-11H2,1-3H3. The summed E-state index contributed by atoms with van der Waals surface area (Å²) in [6.45, 7) is 7.58. The quantitative estimate of drug-likeness (QED) is 0.919. The maximum absolute atomic E-state index is 4.69. The summed E-state index contributed by atoms with van der Waals surface area (Å²) in [4.78, 5) is 0. The summed E-state index contributed by atoms with van der Waals surface area (Å²) >= 11 is 0. The Balaban J connectivity index is 1.89. The van der Waals surface area contributed by atoms with E-state index in [4.69, 9.17) is 0 Å². The number of anilines is 1. The van der Waals surface area contributed by atoms with Gasteiger partial charge in [0.25, 0.3) is 0 Å². The highest BCUT2D eigenvalue weighted by Gasteiger charge is 2.25. The van der Waals surface area contributed by atoms with Crippen LogP contribution < -0.4 is 5.32 Å². The van der Waals surface area contributed by atoms with E-state index >= 15 is 0 Å². The van der Waals surface area contributed by atoms with Gasteiger partial charge in [-0.05, 0) is 56.7 Å². The minimum atomic E-state index is 0.536. The van der Waals surface area contributed by atoms with Crippen molar-refractivity contribution >= 4 is 5.69 Å². The van der Waals surface area contributed by atoms with E-state index in [0.29, 0.717) is 12.0 Å². The van der Waals surface area contributed by atoms with Crippen LogP contribution in [0.2, 0.25) is 0 Å². The number of para-hydroxylation sites is 1. The van der Waals surface area contributed by atoms with Crippen LogP contribution >= 0.6 is 0 Å². The van der Waals surface area contributed by atoms with Gasteiger partial charge in [-0.25, -0.2) is 0 Å². The van der Waals surface area contributed by atoms with Crippen LogP contribution in [0.3, 0.4) is 0 Å². The monoisotopic (exact) mass is 283 g/mol. The molecule has 21 heavy (non-hydrogen) atoms. The first-order valence-electron chi connectivity index (χ1n) is 8.12. The number of nitrogens with zero attached hydrogens (tertiary/aromatic N) is 2. The van der Waals surface area contributed by atoms with Gasteiger partial charge in [-0.2, -0.15) is 5.10 Å². The Labute approximate surface area is 127 Å². The molecule has 3 rings (SSSR count). The Morgan fingerprint density at radius 2 is 2.10 bits per heavy atom. The fourth-order valence-corrected chi connectivity index (χ4v) is 3.43. The van der Waals surface area contributed by atoms with Gasteiger partial charge in [0.2, 0.25) is 0 Å². The maximum atomic E-state index is 4.69. The SMILES string of the molecule is CCc1cc(CC2CC(C)Nc3ccccc32)n(CC)n1. The summed E-state index contributed by atoms with van der Waals surface area (Å²) < 4.78 is 2.17. The molecule has 0 radical (unpaired) electrons. The van der Waals surface area contributed by atoms with Crippen molar-refractivity contribution in [1.82, 2.24) is 9.78 Å². The summed E-state index contributed by atoms with van der Waals surface area (Å²) in [5.41, 5.74) is 5.35. The molecule has 0 fully saturated rings. The van der Waals surface area contributed by atoms with Crippen LogP contribution in [0.5, 0.6) is 0 Å². The zero-order valence-corrected chi connectivity index (χ0v) is 13.3. The second kappa shape index (κ2) is 5.92. The molecule has 0 amide bonds. The van der Waals surface area contributed by atoms with Crippen molar-refractivity contribution in [3.63, 3.8) is 0 Å². The van der Waals surface area contributed by atoms with Gasteiger partial charge in [0, 0.05) is 24.0 Å². The number of nitrogens with one attached hydrogen (secondary N) is 1. The highest BCUT2D eigenvalue weighted by molar-refractivity contribution is 5.55. The van der Waals surface area contributed by atoms with Crippen LogP contribution in [0.4, 0.5) is 5.69 Å². The normalized spacial score (nSPS) is 20.9. The smallest absolute Gasteiger partial charge is 0.0624 e. The molecule has 0 saturated carbocycles. The Bertz CT molecular complexity index is 615. The second-order valence-corrected chi connectivity index (χ2v) is 6.07. The molecule has 1 aromatic carbocycles. The van der Waals surface area contributed by atoms with Crippen LogP contribution in [0.15, 0.2) is 30.3 Å². The van der Waals surface area contributed by atoms with Gasteiger partial charge >= 0.3 is 0 Å². The zero-order chi connectivity index (χ0) is 14.8. The Kier molecular flexibility index (Phi) is 4.00. The van der Waals surface area contributed by atoms with E-state index in [1.165, 1.54) is 29.1 Å². The lowest BCUT2D eigenvalue weighted by atomic mass is 9.84. The molecule has 0 bridgehead atoms. The third kappa shape index (κ3) is 2.82. The largest absolute Gasteiger partial charge is 0.382 e. The number of aryl methyl sites for hydroxylation is 2. The lowest BCUT2D eigenvalue weighted by Crippen LogP contribution is -2.26. The summed E-state index contributed by atoms with van der Waals surface area (Å²) in [7, 11) is 0. The van der Waals surface area contributed by atoms with E-state index in [0.717, 1.165) is 19.4 Å². The molecular weight excluding hydrogens is 258 g/mol. The van der Waals surface area contributed by atoms with Crippen molar-refractivity contribution in [3.05, 3.63) is 47.3 Å². The second-order valence-electron chi connectivity index (χ2n) is 6.07. The van der Waals surface area contributed by atoms with Crippen LogP contribution in [-0.4, -0.2) is 15.8 Å². The molecular formula is C18H25N3. The number of benzene rings is 1. The first kappa shape index (κ1) is 14.2. The molecule has 2 heterocycles. The molecule has 3 nitrogen and oxygen atoms in total. The maximum Gasteiger partial charge on any atom is 0.0624 e. The third-order valence-electron chi connectivity index (χ3n) is 4.47. The Morgan fingerprint density at radius 1 is 1.29 bits per heavy atom. The van der Waals surface area contributed by atoms with Crippen molar-refractivity contribution in [1.29, 1.82) is 0 Å². The lowest BCUT2D eigenvalue weighted by molar-refractivity contribution is 0.521. The number of hydrogen-bond acceptors (Lipinski definition) is 2. The van der Waals surface area contributed by atoms with Gasteiger partial charge in [0.15, 0.2) is 0 Å². The molecule has 0 spiro atoms. The first-order chi connectivity index (χ1) is 10.2. The van der Waals surface area contributed by atoms with Gasteiger partial charge < -0.3 is 5.32 Å². The molecule has 0 aliphatic carbocycles. The van der Waals surface area contributed by atoms with Crippen molar-refractivity contribution in [2.45, 2.75) is 58.5 Å². The average molecular weight is 283 g/mol. The number of hydrogen-bond donors (Lipinski definition) is 1. The molecule has 2 atom stereocenters. The summed E-state index contributed by atoms with van der Waals surface area (Å²) in [6, 6.07) is 11.6. The molecule has 1 N–H and O–H groups in total. The van der Waals surface area contributed by atoms with Crippen molar-refractivity contribution < 1.29 is 0 Å². The van der Waals surface area contributed by atoms with E-state index in [1.807, 2.05) is 0 Å². The molecule has 1 aromatic heterocycles. The lowest BCUT2D eigenvalue weighted by Gasteiger charge is -2.31. The van der Waals surface area contributed by atoms with E-state index < -0.39 is 0 Å². The van der Waals surface area contributed by atoms with Crippen LogP contribution in [0.1, 0.15) is 50.1 Å². The van der Waals surface area contributed by atoms with Gasteiger partial charge in [-0.3, -0.25) is 4.68 Å². The predicted molar refractivity (Wildman–Crippen MR) is 87.9 cm³/mol. The molecule has 0 saturated heterocycles. The summed E-state index contributed by atoms with van der Waals surface area (Å²) in [5, 5.41) is 8.29. The van der Waals surface area contributed by atoms with E-state index in [1.54, 1.807) is 0 Å². The summed E-state index contributed by atoms with van der Waals surface area (Å²) in [6.07, 6.45) is 3.29. The molecule has 2 aromatic rings. The summed E-state index contributed by atoms with van der Waals surface area (Å²) in [5.74, 6) is 0.587. The highest BCUT2D eigenvalue weighted by atomic mass is 15.3. The van der Waals surface area contributed by atoms with E-state index in [2.05, 4.69) is 66.2 Å². The van der Waals surface area contributed by atoms with Gasteiger partial charge in [0.05, 0.1) is 5.69 Å². The van der Waals surface area contributed by atoms with Gasteiger partial charge in [-0.1, -0.05) is 25.1 Å². The molecule has 2 unspecified atom stereocenters. The van der Waals surface area contributed by atoms with Crippen LogP contribution in [0.25, 0.3) is 0 Å². The predicted octanol–water partition coefficient (Wildman–Crippen LogP) is 4.00. The van der Waals surface area contributed by atoms with Gasteiger partial charge in [0.1, 0.15) is 0 Å². The third-order valence-corrected chi connectivity index (χ3v) is 4.47. The molecule has 3 heteroatoms. The Morgan fingerprint density at radius 3 is 2.86 bits per heavy atom. The van der Waals surface area contributed by atoms with Crippen molar-refractivity contribution in [3.8, 4) is 0 Å².